The summed E-state index contributed by atoms with van der Waals surface area (Å²) in [5.74, 6) is 0. The average Bonchev–Trinajstić information content (AvgIpc) is 2.45. The first-order valence-electron chi connectivity index (χ1n) is 7.14. The second kappa shape index (κ2) is 7.17. The van der Waals surface area contributed by atoms with Crippen molar-refractivity contribution in [1.82, 2.24) is 9.21 Å². The van der Waals surface area contributed by atoms with Crippen molar-refractivity contribution in [3.63, 3.8) is 0 Å². The Morgan fingerprint density at radius 2 is 2.00 bits per heavy atom. The van der Waals surface area contributed by atoms with Crippen LogP contribution in [-0.4, -0.2) is 64.1 Å². The summed E-state index contributed by atoms with van der Waals surface area (Å²) >= 11 is 5.68. The van der Waals surface area contributed by atoms with E-state index in [1.807, 2.05) is 19.0 Å². The average molecular weight is 387 g/mol. The number of alkyl halides is 3. The van der Waals surface area contributed by atoms with Crippen LogP contribution in [0.15, 0.2) is 23.1 Å². The third-order valence-corrected chi connectivity index (χ3v) is 5.57. The Labute approximate surface area is 144 Å². The number of sulfonamides is 1. The topological polar surface area (TPSA) is 49.9 Å². The fourth-order valence-corrected chi connectivity index (χ4v) is 4.28. The van der Waals surface area contributed by atoms with Gasteiger partial charge in [0.15, 0.2) is 0 Å². The zero-order valence-electron chi connectivity index (χ0n) is 13.2. The van der Waals surface area contributed by atoms with E-state index in [0.29, 0.717) is 18.7 Å². The van der Waals surface area contributed by atoms with E-state index in [1.165, 1.54) is 0 Å². The van der Waals surface area contributed by atoms with Gasteiger partial charge >= 0.3 is 6.18 Å². The van der Waals surface area contributed by atoms with E-state index in [2.05, 4.69) is 0 Å². The van der Waals surface area contributed by atoms with Crippen LogP contribution in [0.3, 0.4) is 0 Å². The lowest BCUT2D eigenvalue weighted by molar-refractivity contribution is -0.137. The molecule has 1 aliphatic rings. The molecule has 1 aromatic rings. The van der Waals surface area contributed by atoms with Gasteiger partial charge in [0.25, 0.3) is 0 Å². The highest BCUT2D eigenvalue weighted by atomic mass is 35.5. The first-order valence-corrected chi connectivity index (χ1v) is 8.96. The van der Waals surface area contributed by atoms with Gasteiger partial charge in [0, 0.05) is 24.7 Å². The van der Waals surface area contributed by atoms with Crippen LogP contribution >= 0.6 is 11.6 Å². The first kappa shape index (κ1) is 19.5. The van der Waals surface area contributed by atoms with Gasteiger partial charge in [0.05, 0.1) is 23.2 Å². The molecule has 0 radical (unpaired) electrons. The maximum Gasteiger partial charge on any atom is 0.416 e. The standard InChI is InChI=1S/C14H18ClF3N2O3S/c1-19(2)8-12-9-20(3-4-23-12)24(21,22)13-6-10(14(16,17)18)5-11(15)7-13/h5-7,12H,3-4,8-9H2,1-2H3. The van der Waals surface area contributed by atoms with Gasteiger partial charge in [-0.3, -0.25) is 0 Å². The molecule has 1 aromatic carbocycles. The van der Waals surface area contributed by atoms with Crippen LogP contribution in [0, 0.1) is 0 Å². The summed E-state index contributed by atoms with van der Waals surface area (Å²) in [5, 5.41) is -0.276. The minimum Gasteiger partial charge on any atom is -0.374 e. The summed E-state index contributed by atoms with van der Waals surface area (Å²) in [5.41, 5.74) is -1.09. The molecule has 0 aromatic heterocycles. The van der Waals surface area contributed by atoms with Crippen LogP contribution in [0.25, 0.3) is 0 Å². The quantitative estimate of drug-likeness (QED) is 0.796. The zero-order valence-corrected chi connectivity index (χ0v) is 14.7. The van der Waals surface area contributed by atoms with Crippen LogP contribution in [0.2, 0.25) is 5.02 Å². The van der Waals surface area contributed by atoms with E-state index >= 15 is 0 Å². The van der Waals surface area contributed by atoms with E-state index in [9.17, 15) is 21.6 Å². The van der Waals surface area contributed by atoms with Crippen LogP contribution in [0.5, 0.6) is 0 Å². The molecule has 1 fully saturated rings. The minimum absolute atomic E-state index is 0.0778. The Morgan fingerprint density at radius 1 is 1.33 bits per heavy atom. The number of halogens is 4. The molecular weight excluding hydrogens is 369 g/mol. The largest absolute Gasteiger partial charge is 0.416 e. The third kappa shape index (κ3) is 4.60. The van der Waals surface area contributed by atoms with Crippen molar-refractivity contribution in [3.8, 4) is 0 Å². The number of ether oxygens (including phenoxy) is 1. The molecule has 136 valence electrons. The molecule has 1 atom stereocenters. The Morgan fingerprint density at radius 3 is 2.58 bits per heavy atom. The molecule has 1 saturated heterocycles. The number of morpholine rings is 1. The van der Waals surface area contributed by atoms with Crippen molar-refractivity contribution in [3.05, 3.63) is 28.8 Å². The number of rotatable bonds is 4. The monoisotopic (exact) mass is 386 g/mol. The normalized spacial score (nSPS) is 20.5. The molecule has 0 saturated carbocycles. The lowest BCUT2D eigenvalue weighted by Gasteiger charge is -2.33. The Balaban J connectivity index is 2.31. The molecule has 0 bridgehead atoms. The van der Waals surface area contributed by atoms with Crippen LogP contribution < -0.4 is 0 Å². The van der Waals surface area contributed by atoms with Crippen molar-refractivity contribution in [2.45, 2.75) is 17.2 Å². The molecule has 1 aliphatic heterocycles. The zero-order chi connectivity index (χ0) is 18.1. The van der Waals surface area contributed by atoms with Crippen molar-refractivity contribution in [2.75, 3.05) is 40.3 Å². The molecule has 0 amide bonds. The van der Waals surface area contributed by atoms with Crippen molar-refractivity contribution >= 4 is 21.6 Å². The summed E-state index contributed by atoms with van der Waals surface area (Å²) in [6.07, 6.45) is -5.02. The highest BCUT2D eigenvalue weighted by Gasteiger charge is 2.35. The minimum atomic E-state index is -4.67. The molecule has 1 heterocycles. The Hall–Kier alpha value is -0.870. The van der Waals surface area contributed by atoms with Gasteiger partial charge in [-0.15, -0.1) is 0 Å². The summed E-state index contributed by atoms with van der Waals surface area (Å²) < 4.78 is 70.7. The molecule has 24 heavy (non-hydrogen) atoms. The highest BCUT2D eigenvalue weighted by molar-refractivity contribution is 7.89. The molecule has 1 unspecified atom stereocenters. The molecular formula is C14H18ClF3N2O3S. The van der Waals surface area contributed by atoms with Crippen LogP contribution in [-0.2, 0) is 20.9 Å². The van der Waals surface area contributed by atoms with Crippen molar-refractivity contribution < 1.29 is 26.3 Å². The van der Waals surface area contributed by atoms with Gasteiger partial charge in [-0.2, -0.15) is 17.5 Å². The number of likely N-dealkylation sites (N-methyl/N-ethyl adjacent to an activating group) is 1. The fraction of sp³-hybridized carbons (Fsp3) is 0.571. The van der Waals surface area contributed by atoms with Crippen molar-refractivity contribution in [2.24, 2.45) is 0 Å². The van der Waals surface area contributed by atoms with Crippen molar-refractivity contribution in [1.29, 1.82) is 0 Å². The van der Waals surface area contributed by atoms with Gasteiger partial charge in [-0.25, -0.2) is 8.42 Å². The van der Waals surface area contributed by atoms with Gasteiger partial charge in [-0.05, 0) is 32.3 Å². The summed E-state index contributed by atoms with van der Waals surface area (Å²) in [6, 6.07) is 2.34. The first-order chi connectivity index (χ1) is 11.0. The SMILES string of the molecule is CN(C)CC1CN(S(=O)(=O)c2cc(Cl)cc(C(F)(F)F)c2)CCO1. The van der Waals surface area contributed by atoms with Gasteiger partial charge in [0.2, 0.25) is 10.0 Å². The lowest BCUT2D eigenvalue weighted by Crippen LogP contribution is -2.48. The third-order valence-electron chi connectivity index (χ3n) is 3.51. The number of hydrogen-bond donors (Lipinski definition) is 0. The van der Waals surface area contributed by atoms with Crippen LogP contribution in [0.4, 0.5) is 13.2 Å². The molecule has 5 nitrogen and oxygen atoms in total. The van der Waals surface area contributed by atoms with Crippen LogP contribution in [0.1, 0.15) is 5.56 Å². The second-order valence-corrected chi connectivity index (χ2v) is 8.17. The lowest BCUT2D eigenvalue weighted by atomic mass is 10.2. The Bertz CT molecular complexity index is 695. The molecule has 0 spiro atoms. The smallest absolute Gasteiger partial charge is 0.374 e. The van der Waals surface area contributed by atoms with Gasteiger partial charge < -0.3 is 9.64 Å². The number of nitrogens with zero attached hydrogens (tertiary/aromatic N) is 2. The maximum atomic E-state index is 12.9. The van der Waals surface area contributed by atoms with Gasteiger partial charge in [-0.1, -0.05) is 11.6 Å². The molecule has 10 heteroatoms. The predicted molar refractivity (Wildman–Crippen MR) is 83.5 cm³/mol. The van der Waals surface area contributed by atoms with E-state index in [0.717, 1.165) is 10.4 Å². The highest BCUT2D eigenvalue weighted by Crippen LogP contribution is 2.34. The molecule has 0 N–H and O–H groups in total. The maximum absolute atomic E-state index is 12.9. The van der Waals surface area contributed by atoms with E-state index in [4.69, 9.17) is 16.3 Å². The predicted octanol–water partition coefficient (Wildman–Crippen LogP) is 2.31. The Kier molecular flexibility index (Phi) is 5.81. The summed E-state index contributed by atoms with van der Waals surface area (Å²) in [6.45, 7) is 0.855. The molecule has 0 aliphatic carbocycles. The molecule has 2 rings (SSSR count). The van der Waals surface area contributed by atoms with E-state index < -0.39 is 26.7 Å². The van der Waals surface area contributed by atoms with E-state index in [1.54, 1.807) is 0 Å². The van der Waals surface area contributed by atoms with E-state index in [-0.39, 0.29) is 30.8 Å². The number of benzene rings is 1. The summed E-state index contributed by atoms with van der Waals surface area (Å²) in [7, 11) is -0.440. The number of hydrogen-bond acceptors (Lipinski definition) is 4. The second-order valence-electron chi connectivity index (χ2n) is 5.79. The summed E-state index contributed by atoms with van der Waals surface area (Å²) in [4.78, 5) is 1.38. The fourth-order valence-electron chi connectivity index (χ4n) is 2.45. The van der Waals surface area contributed by atoms with Gasteiger partial charge in [0.1, 0.15) is 0 Å².